The van der Waals surface area contributed by atoms with Crippen molar-refractivity contribution in [3.63, 3.8) is 0 Å². The Balaban J connectivity index is 2.14. The second-order valence-electron chi connectivity index (χ2n) is 4.94. The van der Waals surface area contributed by atoms with Crippen LogP contribution in [-0.2, 0) is 4.74 Å². The predicted octanol–water partition coefficient (Wildman–Crippen LogP) is 2.05. The topological polar surface area (TPSA) is 73.6 Å². The van der Waals surface area contributed by atoms with Gasteiger partial charge in [0.25, 0.3) is 0 Å². The molecule has 0 amide bonds. The number of aryl methyl sites for hydroxylation is 1. The maximum atomic E-state index is 11.0. The molecule has 3 unspecified atom stereocenters. The lowest BCUT2D eigenvalue weighted by Gasteiger charge is -2.43. The van der Waals surface area contributed by atoms with E-state index in [4.69, 9.17) is 9.47 Å². The third kappa shape index (κ3) is 2.91. The zero-order valence-electron chi connectivity index (χ0n) is 12.0. The minimum atomic E-state index is -0.418. The second kappa shape index (κ2) is 6.19. The van der Waals surface area contributed by atoms with Gasteiger partial charge in [-0.05, 0) is 32.5 Å². The van der Waals surface area contributed by atoms with Crippen molar-refractivity contribution in [2.45, 2.75) is 38.5 Å². The number of ether oxygens (including phenoxy) is 2. The number of likely N-dealkylation sites (N-methyl/N-ethyl adjacent to an activating group) is 1. The number of benzene rings is 1. The summed E-state index contributed by atoms with van der Waals surface area (Å²) < 4.78 is 11.5. The SMILES string of the molecule is CCOC1C(NC)CC1Oc1cc(C)ccc1[N+](=O)[O-]. The molecule has 6 nitrogen and oxygen atoms in total. The van der Waals surface area contributed by atoms with Crippen molar-refractivity contribution in [1.82, 2.24) is 5.32 Å². The van der Waals surface area contributed by atoms with Gasteiger partial charge in [0.05, 0.1) is 4.92 Å². The van der Waals surface area contributed by atoms with E-state index in [1.165, 1.54) is 6.07 Å². The maximum absolute atomic E-state index is 11.0. The van der Waals surface area contributed by atoms with E-state index in [2.05, 4.69) is 5.32 Å². The summed E-state index contributed by atoms with van der Waals surface area (Å²) in [4.78, 5) is 10.6. The normalized spacial score (nSPS) is 25.1. The number of nitrogens with zero attached hydrogens (tertiary/aromatic N) is 1. The molecule has 1 aliphatic carbocycles. The Morgan fingerprint density at radius 2 is 2.25 bits per heavy atom. The molecule has 110 valence electrons. The van der Waals surface area contributed by atoms with Crippen LogP contribution in [0, 0.1) is 17.0 Å². The van der Waals surface area contributed by atoms with Crippen LogP contribution in [0.3, 0.4) is 0 Å². The lowest BCUT2D eigenvalue weighted by atomic mass is 9.85. The first-order valence-corrected chi connectivity index (χ1v) is 6.77. The first-order valence-electron chi connectivity index (χ1n) is 6.77. The third-order valence-corrected chi connectivity index (χ3v) is 3.57. The summed E-state index contributed by atoms with van der Waals surface area (Å²) in [5, 5.41) is 14.2. The Labute approximate surface area is 118 Å². The van der Waals surface area contributed by atoms with Crippen LogP contribution in [0.4, 0.5) is 5.69 Å². The van der Waals surface area contributed by atoms with Crippen molar-refractivity contribution < 1.29 is 14.4 Å². The number of nitro benzene ring substituents is 1. The van der Waals surface area contributed by atoms with E-state index < -0.39 is 4.92 Å². The van der Waals surface area contributed by atoms with Crippen LogP contribution in [0.2, 0.25) is 0 Å². The average molecular weight is 280 g/mol. The number of hydrogen-bond acceptors (Lipinski definition) is 5. The van der Waals surface area contributed by atoms with E-state index in [0.717, 1.165) is 12.0 Å². The molecule has 0 bridgehead atoms. The summed E-state index contributed by atoms with van der Waals surface area (Å²) >= 11 is 0. The Kier molecular flexibility index (Phi) is 4.57. The largest absolute Gasteiger partial charge is 0.481 e. The van der Waals surface area contributed by atoms with Gasteiger partial charge in [-0.2, -0.15) is 0 Å². The molecule has 0 aromatic heterocycles. The van der Waals surface area contributed by atoms with Gasteiger partial charge in [0, 0.05) is 25.1 Å². The van der Waals surface area contributed by atoms with Crippen LogP contribution in [0.5, 0.6) is 5.75 Å². The number of nitro groups is 1. The minimum absolute atomic E-state index is 0.00115. The summed E-state index contributed by atoms with van der Waals surface area (Å²) in [5.74, 6) is 0.319. The van der Waals surface area contributed by atoms with E-state index in [9.17, 15) is 10.1 Å². The van der Waals surface area contributed by atoms with Crippen molar-refractivity contribution >= 4 is 5.69 Å². The van der Waals surface area contributed by atoms with E-state index in [1.54, 1.807) is 12.1 Å². The van der Waals surface area contributed by atoms with Crippen LogP contribution in [-0.4, -0.2) is 36.8 Å². The molecule has 0 saturated heterocycles. The number of hydrogen-bond donors (Lipinski definition) is 1. The quantitative estimate of drug-likeness (QED) is 0.637. The van der Waals surface area contributed by atoms with Crippen molar-refractivity contribution in [1.29, 1.82) is 0 Å². The molecule has 0 heterocycles. The smallest absolute Gasteiger partial charge is 0.310 e. The molecular weight excluding hydrogens is 260 g/mol. The van der Waals surface area contributed by atoms with Gasteiger partial charge >= 0.3 is 5.69 Å². The van der Waals surface area contributed by atoms with Gasteiger partial charge in [0.2, 0.25) is 0 Å². The van der Waals surface area contributed by atoms with Gasteiger partial charge in [-0.3, -0.25) is 10.1 Å². The molecule has 1 aliphatic rings. The van der Waals surface area contributed by atoms with Crippen LogP contribution >= 0.6 is 0 Å². The van der Waals surface area contributed by atoms with Crippen molar-refractivity contribution in [3.8, 4) is 5.75 Å². The molecule has 1 N–H and O–H groups in total. The van der Waals surface area contributed by atoms with Crippen LogP contribution in [0.1, 0.15) is 18.9 Å². The lowest BCUT2D eigenvalue weighted by molar-refractivity contribution is -0.386. The highest BCUT2D eigenvalue weighted by atomic mass is 16.6. The zero-order chi connectivity index (χ0) is 14.7. The number of rotatable bonds is 6. The summed E-state index contributed by atoms with van der Waals surface area (Å²) in [5.41, 5.74) is 0.932. The second-order valence-corrected chi connectivity index (χ2v) is 4.94. The molecule has 20 heavy (non-hydrogen) atoms. The van der Waals surface area contributed by atoms with Crippen LogP contribution in [0.15, 0.2) is 18.2 Å². The molecule has 1 aromatic carbocycles. The zero-order valence-corrected chi connectivity index (χ0v) is 12.0. The molecule has 1 fully saturated rings. The molecule has 0 aliphatic heterocycles. The summed E-state index contributed by atoms with van der Waals surface area (Å²) in [6.45, 7) is 4.41. The lowest BCUT2D eigenvalue weighted by Crippen LogP contribution is -2.60. The molecule has 1 aromatic rings. The van der Waals surface area contributed by atoms with Crippen molar-refractivity contribution in [2.75, 3.05) is 13.7 Å². The Morgan fingerprint density at radius 1 is 1.50 bits per heavy atom. The highest BCUT2D eigenvalue weighted by Gasteiger charge is 2.43. The first kappa shape index (κ1) is 14.7. The standard InChI is InChI=1S/C14H20N2O4/c1-4-19-14-10(15-3)8-13(14)20-12-7-9(2)5-6-11(12)16(17)18/h5-7,10,13-15H,4,8H2,1-3H3. The fourth-order valence-electron chi connectivity index (χ4n) is 2.42. The highest BCUT2D eigenvalue weighted by Crippen LogP contribution is 2.34. The van der Waals surface area contributed by atoms with Gasteiger partial charge in [-0.15, -0.1) is 0 Å². The maximum Gasteiger partial charge on any atom is 0.310 e. The monoisotopic (exact) mass is 280 g/mol. The van der Waals surface area contributed by atoms with Gasteiger partial charge < -0.3 is 14.8 Å². The minimum Gasteiger partial charge on any atom is -0.481 e. The fourth-order valence-corrected chi connectivity index (χ4v) is 2.42. The van der Waals surface area contributed by atoms with Crippen LogP contribution < -0.4 is 10.1 Å². The first-order chi connectivity index (χ1) is 9.56. The molecule has 0 spiro atoms. The fraction of sp³-hybridized carbons (Fsp3) is 0.571. The van der Waals surface area contributed by atoms with Crippen molar-refractivity contribution in [2.24, 2.45) is 0 Å². The van der Waals surface area contributed by atoms with Gasteiger partial charge in [-0.1, -0.05) is 6.07 Å². The van der Waals surface area contributed by atoms with E-state index >= 15 is 0 Å². The predicted molar refractivity (Wildman–Crippen MR) is 75.1 cm³/mol. The average Bonchev–Trinajstić information content (AvgIpc) is 2.40. The summed E-state index contributed by atoms with van der Waals surface area (Å²) in [6.07, 6.45) is 0.574. The van der Waals surface area contributed by atoms with Gasteiger partial charge in [-0.25, -0.2) is 0 Å². The molecule has 3 atom stereocenters. The Hall–Kier alpha value is -1.66. The summed E-state index contributed by atoms with van der Waals surface area (Å²) in [7, 11) is 1.88. The van der Waals surface area contributed by atoms with Crippen LogP contribution in [0.25, 0.3) is 0 Å². The Bertz CT molecular complexity index is 492. The molecular formula is C14H20N2O4. The summed E-state index contributed by atoms with van der Waals surface area (Å²) in [6, 6.07) is 5.13. The highest BCUT2D eigenvalue weighted by molar-refractivity contribution is 5.48. The number of nitrogens with one attached hydrogen (secondary N) is 1. The molecule has 2 rings (SSSR count). The molecule has 6 heteroatoms. The third-order valence-electron chi connectivity index (χ3n) is 3.57. The van der Waals surface area contributed by atoms with Gasteiger partial charge in [0.15, 0.2) is 5.75 Å². The Morgan fingerprint density at radius 3 is 2.85 bits per heavy atom. The van der Waals surface area contributed by atoms with E-state index in [1.807, 2.05) is 20.9 Å². The van der Waals surface area contributed by atoms with Crippen molar-refractivity contribution in [3.05, 3.63) is 33.9 Å². The van der Waals surface area contributed by atoms with E-state index in [0.29, 0.717) is 12.4 Å². The molecule has 0 radical (unpaired) electrons. The van der Waals surface area contributed by atoms with E-state index in [-0.39, 0.29) is 23.9 Å². The van der Waals surface area contributed by atoms with Gasteiger partial charge in [0.1, 0.15) is 12.2 Å². The molecule has 1 saturated carbocycles.